The molecule has 4 nitrogen and oxygen atoms in total. The zero-order chi connectivity index (χ0) is 13.4. The fraction of sp³-hybridized carbons (Fsp3) is 0.250. The van der Waals surface area contributed by atoms with Crippen LogP contribution < -0.4 is 10.5 Å². The molecule has 6 heteroatoms. The first kappa shape index (κ1) is 12.7. The number of nitrogens with two attached hydrogens (primary N) is 1. The van der Waals surface area contributed by atoms with Crippen molar-refractivity contribution in [2.24, 2.45) is 0 Å². The van der Waals surface area contributed by atoms with Gasteiger partial charge in [0.1, 0.15) is 0 Å². The van der Waals surface area contributed by atoms with Gasteiger partial charge in [-0.3, -0.25) is 0 Å². The van der Waals surface area contributed by atoms with Crippen LogP contribution in [0.25, 0.3) is 5.69 Å². The summed E-state index contributed by atoms with van der Waals surface area (Å²) in [5.74, 6) is -0.394. The third kappa shape index (κ3) is 1.90. The average Bonchev–Trinajstić information content (AvgIpc) is 2.57. The molecule has 0 aliphatic heterocycles. The number of halogens is 2. The van der Waals surface area contributed by atoms with Gasteiger partial charge in [-0.25, -0.2) is 9.07 Å². The van der Waals surface area contributed by atoms with Gasteiger partial charge >= 0.3 is 0 Å². The quantitative estimate of drug-likeness (QED) is 0.853. The second-order valence-corrected chi connectivity index (χ2v) is 4.32. The molecular weight excluding hydrogens is 257 g/mol. The van der Waals surface area contributed by atoms with Gasteiger partial charge in [0.25, 0.3) is 0 Å². The molecule has 18 heavy (non-hydrogen) atoms. The second kappa shape index (κ2) is 4.49. The highest BCUT2D eigenvalue weighted by Crippen LogP contribution is 2.30. The smallest absolute Gasteiger partial charge is 0.167 e. The molecule has 0 aliphatic carbocycles. The lowest BCUT2D eigenvalue weighted by Gasteiger charge is -2.10. The molecule has 0 saturated heterocycles. The third-order valence-electron chi connectivity index (χ3n) is 2.73. The van der Waals surface area contributed by atoms with Crippen molar-refractivity contribution in [3.05, 3.63) is 34.4 Å². The summed E-state index contributed by atoms with van der Waals surface area (Å²) in [5, 5.41) is 4.84. The minimum absolute atomic E-state index is 0.114. The number of ether oxygens (including phenoxy) is 1. The molecule has 2 N–H and O–H groups in total. The Morgan fingerprint density at radius 3 is 2.56 bits per heavy atom. The molecule has 0 aliphatic rings. The number of anilines is 1. The zero-order valence-electron chi connectivity index (χ0n) is 10.3. The predicted molar refractivity (Wildman–Crippen MR) is 69.0 cm³/mol. The van der Waals surface area contributed by atoms with Crippen LogP contribution in [-0.4, -0.2) is 16.9 Å². The Morgan fingerprint density at radius 1 is 1.39 bits per heavy atom. The monoisotopic (exact) mass is 269 g/mol. The molecule has 1 aromatic carbocycles. The van der Waals surface area contributed by atoms with Crippen LogP contribution in [-0.2, 0) is 0 Å². The molecule has 0 bridgehead atoms. The van der Waals surface area contributed by atoms with E-state index in [2.05, 4.69) is 5.10 Å². The molecule has 0 atom stereocenters. The van der Waals surface area contributed by atoms with Crippen LogP contribution in [0.2, 0.25) is 5.02 Å². The van der Waals surface area contributed by atoms with E-state index in [1.54, 1.807) is 11.6 Å². The van der Waals surface area contributed by atoms with E-state index in [-0.39, 0.29) is 11.4 Å². The fourth-order valence-corrected chi connectivity index (χ4v) is 1.87. The van der Waals surface area contributed by atoms with E-state index in [1.165, 1.54) is 19.2 Å². The van der Waals surface area contributed by atoms with Crippen LogP contribution in [0.4, 0.5) is 10.1 Å². The van der Waals surface area contributed by atoms with Gasteiger partial charge in [-0.2, -0.15) is 5.10 Å². The van der Waals surface area contributed by atoms with Crippen molar-refractivity contribution in [2.75, 3.05) is 12.8 Å². The molecule has 0 unspecified atom stereocenters. The number of rotatable bonds is 2. The average molecular weight is 270 g/mol. The van der Waals surface area contributed by atoms with E-state index < -0.39 is 5.82 Å². The molecule has 96 valence electrons. The molecular formula is C12H13ClFN3O. The van der Waals surface area contributed by atoms with Gasteiger partial charge < -0.3 is 10.5 Å². The van der Waals surface area contributed by atoms with E-state index in [4.69, 9.17) is 22.1 Å². The number of nitrogen functional groups attached to an aromatic ring is 1. The van der Waals surface area contributed by atoms with Crippen molar-refractivity contribution in [1.82, 2.24) is 9.78 Å². The Balaban J connectivity index is 2.67. The first-order valence-corrected chi connectivity index (χ1v) is 5.68. The number of hydrogen-bond acceptors (Lipinski definition) is 3. The summed E-state index contributed by atoms with van der Waals surface area (Å²) in [6.45, 7) is 3.61. The third-order valence-corrected chi connectivity index (χ3v) is 3.28. The van der Waals surface area contributed by atoms with Crippen LogP contribution in [0.1, 0.15) is 11.4 Å². The van der Waals surface area contributed by atoms with E-state index in [9.17, 15) is 4.39 Å². The van der Waals surface area contributed by atoms with E-state index >= 15 is 0 Å². The predicted octanol–water partition coefficient (Wildman–Crippen LogP) is 2.87. The van der Waals surface area contributed by atoms with Gasteiger partial charge in [-0.15, -0.1) is 0 Å². The first-order valence-electron chi connectivity index (χ1n) is 5.30. The van der Waals surface area contributed by atoms with Gasteiger partial charge in [0.15, 0.2) is 11.6 Å². The summed E-state index contributed by atoms with van der Waals surface area (Å²) < 4.78 is 20.0. The minimum atomic E-state index is -0.508. The SMILES string of the molecule is COc1cc(-n2nc(C)c(Cl)c2C)c(N)cc1F. The summed E-state index contributed by atoms with van der Waals surface area (Å²) >= 11 is 6.08. The van der Waals surface area contributed by atoms with Crippen molar-refractivity contribution in [1.29, 1.82) is 0 Å². The van der Waals surface area contributed by atoms with E-state index in [1.807, 2.05) is 6.92 Å². The molecule has 0 radical (unpaired) electrons. The lowest BCUT2D eigenvalue weighted by atomic mass is 10.2. The molecule has 2 aromatic rings. The van der Waals surface area contributed by atoms with E-state index in [0.29, 0.717) is 16.4 Å². The number of methoxy groups -OCH3 is 1. The summed E-state index contributed by atoms with van der Waals surface area (Å²) in [6.07, 6.45) is 0. The van der Waals surface area contributed by atoms with E-state index in [0.717, 1.165) is 5.69 Å². The second-order valence-electron chi connectivity index (χ2n) is 3.94. The molecule has 0 amide bonds. The van der Waals surface area contributed by atoms with Gasteiger partial charge in [0, 0.05) is 12.1 Å². The highest BCUT2D eigenvalue weighted by Gasteiger charge is 2.15. The highest BCUT2D eigenvalue weighted by molar-refractivity contribution is 6.31. The summed E-state index contributed by atoms with van der Waals surface area (Å²) in [7, 11) is 1.40. The van der Waals surface area contributed by atoms with Gasteiger partial charge in [-0.1, -0.05) is 11.6 Å². The van der Waals surface area contributed by atoms with Crippen LogP contribution >= 0.6 is 11.6 Å². The largest absolute Gasteiger partial charge is 0.494 e. The number of nitrogens with zero attached hydrogens (tertiary/aromatic N) is 2. The topological polar surface area (TPSA) is 53.1 Å². The Labute approximate surface area is 109 Å². The van der Waals surface area contributed by atoms with Crippen molar-refractivity contribution < 1.29 is 9.13 Å². The van der Waals surface area contributed by atoms with Gasteiger partial charge in [-0.05, 0) is 13.8 Å². The number of aromatic nitrogens is 2. The van der Waals surface area contributed by atoms with Crippen LogP contribution in [0.15, 0.2) is 12.1 Å². The van der Waals surface area contributed by atoms with Crippen molar-refractivity contribution in [3.8, 4) is 11.4 Å². The first-order chi connectivity index (χ1) is 8.45. The maximum absolute atomic E-state index is 13.5. The maximum Gasteiger partial charge on any atom is 0.167 e. The van der Waals surface area contributed by atoms with Gasteiger partial charge in [0.2, 0.25) is 0 Å². The number of hydrogen-bond donors (Lipinski definition) is 1. The van der Waals surface area contributed by atoms with Crippen molar-refractivity contribution in [3.63, 3.8) is 0 Å². The Kier molecular flexibility index (Phi) is 3.17. The number of aryl methyl sites for hydroxylation is 1. The summed E-state index contributed by atoms with van der Waals surface area (Å²) in [5.41, 5.74) is 8.06. The fourth-order valence-electron chi connectivity index (χ4n) is 1.76. The standard InChI is InChI=1S/C12H13ClFN3O/c1-6-12(13)7(2)17(16-6)10-5-11(18-3)8(14)4-9(10)15/h4-5H,15H2,1-3H3. The Morgan fingerprint density at radius 2 is 2.06 bits per heavy atom. The molecule has 0 fully saturated rings. The molecule has 1 aromatic heterocycles. The summed E-state index contributed by atoms with van der Waals surface area (Å²) in [4.78, 5) is 0. The Bertz CT molecular complexity index is 610. The molecule has 1 heterocycles. The lowest BCUT2D eigenvalue weighted by Crippen LogP contribution is -2.05. The molecule has 0 spiro atoms. The van der Waals surface area contributed by atoms with Crippen molar-refractivity contribution >= 4 is 17.3 Å². The summed E-state index contributed by atoms with van der Waals surface area (Å²) in [6, 6.07) is 2.71. The molecule has 0 saturated carbocycles. The van der Waals surface area contributed by atoms with Gasteiger partial charge in [0.05, 0.1) is 34.9 Å². The number of benzene rings is 1. The maximum atomic E-state index is 13.5. The zero-order valence-corrected chi connectivity index (χ0v) is 11.0. The van der Waals surface area contributed by atoms with Crippen LogP contribution in [0.3, 0.4) is 0 Å². The highest BCUT2D eigenvalue weighted by atomic mass is 35.5. The normalized spacial score (nSPS) is 10.7. The molecule has 2 rings (SSSR count). The Hall–Kier alpha value is -1.75. The lowest BCUT2D eigenvalue weighted by molar-refractivity contribution is 0.386. The van der Waals surface area contributed by atoms with Crippen LogP contribution in [0.5, 0.6) is 5.75 Å². The minimum Gasteiger partial charge on any atom is -0.494 e. The van der Waals surface area contributed by atoms with Crippen LogP contribution in [0, 0.1) is 19.7 Å². The van der Waals surface area contributed by atoms with Crippen molar-refractivity contribution in [2.45, 2.75) is 13.8 Å².